The Labute approximate surface area is 88.3 Å². The molecule has 0 aromatic heterocycles. The van der Waals surface area contributed by atoms with E-state index >= 15 is 0 Å². The van der Waals surface area contributed by atoms with Crippen molar-refractivity contribution < 1.29 is 5.11 Å². The van der Waals surface area contributed by atoms with Crippen molar-refractivity contribution >= 4 is 0 Å². The third kappa shape index (κ3) is 4.43. The van der Waals surface area contributed by atoms with Crippen molar-refractivity contribution in [1.29, 1.82) is 0 Å². The smallest absolute Gasteiger partial charge is 0.0639 e. The number of aliphatic hydroxyl groups is 1. The van der Waals surface area contributed by atoms with Crippen molar-refractivity contribution in [2.45, 2.75) is 64.0 Å². The molecule has 0 heterocycles. The second-order valence-corrected chi connectivity index (χ2v) is 4.79. The van der Waals surface area contributed by atoms with Crippen molar-refractivity contribution in [3.63, 3.8) is 0 Å². The zero-order chi connectivity index (χ0) is 10.4. The van der Waals surface area contributed by atoms with Crippen molar-refractivity contribution in [2.75, 3.05) is 13.6 Å². The minimum absolute atomic E-state index is 0.189. The number of hydrogen-bond acceptors (Lipinski definition) is 2. The summed E-state index contributed by atoms with van der Waals surface area (Å²) in [5.41, 5.74) is 0. The molecular formula is C12H25NO. The third-order valence-corrected chi connectivity index (χ3v) is 3.25. The van der Waals surface area contributed by atoms with E-state index in [9.17, 15) is 5.11 Å². The van der Waals surface area contributed by atoms with Crippen LogP contribution in [0.4, 0.5) is 0 Å². The normalized spacial score (nSPS) is 23.1. The maximum Gasteiger partial charge on any atom is 0.0639 e. The molecule has 1 rings (SSSR count). The molecule has 14 heavy (non-hydrogen) atoms. The molecule has 2 heteroatoms. The first-order chi connectivity index (χ1) is 6.70. The minimum Gasteiger partial charge on any atom is -0.392 e. The lowest BCUT2D eigenvalue weighted by Gasteiger charge is -2.30. The Morgan fingerprint density at radius 2 is 1.64 bits per heavy atom. The lowest BCUT2D eigenvalue weighted by Crippen LogP contribution is -2.37. The van der Waals surface area contributed by atoms with Gasteiger partial charge in [0.2, 0.25) is 0 Å². The van der Waals surface area contributed by atoms with Gasteiger partial charge in [0.25, 0.3) is 0 Å². The highest BCUT2D eigenvalue weighted by molar-refractivity contribution is 4.72. The first-order valence-corrected chi connectivity index (χ1v) is 6.08. The zero-order valence-electron chi connectivity index (χ0n) is 9.71. The Balaban J connectivity index is 2.31. The van der Waals surface area contributed by atoms with Crippen molar-refractivity contribution in [2.24, 2.45) is 0 Å². The van der Waals surface area contributed by atoms with Crippen LogP contribution >= 0.6 is 0 Å². The van der Waals surface area contributed by atoms with E-state index in [0.717, 1.165) is 6.54 Å². The van der Waals surface area contributed by atoms with Gasteiger partial charge in [0, 0.05) is 12.6 Å². The molecule has 0 spiro atoms. The molecule has 84 valence electrons. The monoisotopic (exact) mass is 199 g/mol. The highest BCUT2D eigenvalue weighted by atomic mass is 16.3. The maximum atomic E-state index is 9.34. The molecule has 0 aromatic carbocycles. The standard InChI is InChI=1S/C12H25NO/c1-11(14)10-13(2)12-8-6-4-3-5-7-9-12/h11-12,14H,3-10H2,1-2H3. The molecule has 1 aliphatic rings. The van der Waals surface area contributed by atoms with Gasteiger partial charge in [0.1, 0.15) is 0 Å². The van der Waals surface area contributed by atoms with Gasteiger partial charge in [-0.3, -0.25) is 0 Å². The number of likely N-dealkylation sites (N-methyl/N-ethyl adjacent to an activating group) is 1. The van der Waals surface area contributed by atoms with Gasteiger partial charge in [-0.1, -0.05) is 32.1 Å². The van der Waals surface area contributed by atoms with E-state index in [4.69, 9.17) is 0 Å². The van der Waals surface area contributed by atoms with E-state index in [-0.39, 0.29) is 6.10 Å². The maximum absolute atomic E-state index is 9.34. The molecule has 0 bridgehead atoms. The zero-order valence-corrected chi connectivity index (χ0v) is 9.71. The van der Waals surface area contributed by atoms with Crippen molar-refractivity contribution in [1.82, 2.24) is 4.90 Å². The van der Waals surface area contributed by atoms with Gasteiger partial charge >= 0.3 is 0 Å². The molecule has 0 amide bonds. The van der Waals surface area contributed by atoms with E-state index in [1.54, 1.807) is 0 Å². The van der Waals surface area contributed by atoms with Gasteiger partial charge in [-0.2, -0.15) is 0 Å². The molecule has 0 aromatic rings. The van der Waals surface area contributed by atoms with Crippen LogP contribution in [0.1, 0.15) is 51.9 Å². The Morgan fingerprint density at radius 3 is 2.14 bits per heavy atom. The van der Waals surface area contributed by atoms with E-state index in [1.807, 2.05) is 6.92 Å². The number of nitrogens with zero attached hydrogens (tertiary/aromatic N) is 1. The van der Waals surface area contributed by atoms with Gasteiger partial charge in [0.05, 0.1) is 6.10 Å². The third-order valence-electron chi connectivity index (χ3n) is 3.25. The van der Waals surface area contributed by atoms with Gasteiger partial charge in [-0.05, 0) is 26.8 Å². The lowest BCUT2D eigenvalue weighted by molar-refractivity contribution is 0.107. The SMILES string of the molecule is CC(O)CN(C)C1CCCCCCC1. The molecular weight excluding hydrogens is 174 g/mol. The van der Waals surface area contributed by atoms with E-state index in [0.29, 0.717) is 6.04 Å². The molecule has 2 nitrogen and oxygen atoms in total. The van der Waals surface area contributed by atoms with Crippen LogP contribution < -0.4 is 0 Å². The van der Waals surface area contributed by atoms with Gasteiger partial charge in [0.15, 0.2) is 0 Å². The summed E-state index contributed by atoms with van der Waals surface area (Å²) in [5, 5.41) is 9.34. The van der Waals surface area contributed by atoms with Crippen LogP contribution in [0.25, 0.3) is 0 Å². The molecule has 1 aliphatic carbocycles. The van der Waals surface area contributed by atoms with E-state index in [1.165, 1.54) is 44.9 Å². The predicted molar refractivity (Wildman–Crippen MR) is 60.4 cm³/mol. The molecule has 0 radical (unpaired) electrons. The van der Waals surface area contributed by atoms with Crippen LogP contribution in [-0.4, -0.2) is 35.7 Å². The molecule has 0 aliphatic heterocycles. The van der Waals surface area contributed by atoms with Crippen molar-refractivity contribution in [3.8, 4) is 0 Å². The Kier molecular flexibility index (Phi) is 5.49. The molecule has 0 saturated heterocycles. The summed E-state index contributed by atoms with van der Waals surface area (Å²) in [5.74, 6) is 0. The van der Waals surface area contributed by atoms with Gasteiger partial charge in [-0.25, -0.2) is 0 Å². The second-order valence-electron chi connectivity index (χ2n) is 4.79. The molecule has 1 saturated carbocycles. The Morgan fingerprint density at radius 1 is 1.14 bits per heavy atom. The fraction of sp³-hybridized carbons (Fsp3) is 1.00. The number of hydrogen-bond donors (Lipinski definition) is 1. The summed E-state index contributed by atoms with van der Waals surface area (Å²) in [6, 6.07) is 0.713. The van der Waals surface area contributed by atoms with Crippen LogP contribution in [0, 0.1) is 0 Å². The molecule has 1 fully saturated rings. The average Bonchev–Trinajstić information content (AvgIpc) is 2.00. The summed E-state index contributed by atoms with van der Waals surface area (Å²) in [6.45, 7) is 2.70. The van der Waals surface area contributed by atoms with Crippen LogP contribution in [0.3, 0.4) is 0 Å². The van der Waals surface area contributed by atoms with E-state index in [2.05, 4.69) is 11.9 Å². The highest BCUT2D eigenvalue weighted by Gasteiger charge is 2.16. The number of aliphatic hydroxyl groups excluding tert-OH is 1. The average molecular weight is 199 g/mol. The van der Waals surface area contributed by atoms with Crippen molar-refractivity contribution in [3.05, 3.63) is 0 Å². The molecule has 1 N–H and O–H groups in total. The van der Waals surface area contributed by atoms with Crippen LogP contribution in [0.5, 0.6) is 0 Å². The second kappa shape index (κ2) is 6.41. The lowest BCUT2D eigenvalue weighted by atomic mass is 9.96. The van der Waals surface area contributed by atoms with Gasteiger partial charge in [-0.15, -0.1) is 0 Å². The minimum atomic E-state index is -0.189. The first kappa shape index (κ1) is 12.0. The molecule has 1 atom stereocenters. The van der Waals surface area contributed by atoms with Crippen LogP contribution in [0.15, 0.2) is 0 Å². The van der Waals surface area contributed by atoms with Crippen LogP contribution in [-0.2, 0) is 0 Å². The quantitative estimate of drug-likeness (QED) is 0.754. The van der Waals surface area contributed by atoms with Gasteiger partial charge < -0.3 is 10.0 Å². The fourth-order valence-corrected chi connectivity index (χ4v) is 2.44. The molecule has 1 unspecified atom stereocenters. The first-order valence-electron chi connectivity index (χ1n) is 6.08. The predicted octanol–water partition coefficient (Wildman–Crippen LogP) is 2.41. The Hall–Kier alpha value is -0.0800. The van der Waals surface area contributed by atoms with Crippen LogP contribution in [0.2, 0.25) is 0 Å². The summed E-state index contributed by atoms with van der Waals surface area (Å²) in [4.78, 5) is 2.34. The summed E-state index contributed by atoms with van der Waals surface area (Å²) in [7, 11) is 2.15. The summed E-state index contributed by atoms with van der Waals surface area (Å²) >= 11 is 0. The highest BCUT2D eigenvalue weighted by Crippen LogP contribution is 2.20. The largest absolute Gasteiger partial charge is 0.392 e. The fourth-order valence-electron chi connectivity index (χ4n) is 2.44. The number of rotatable bonds is 3. The topological polar surface area (TPSA) is 23.5 Å². The van der Waals surface area contributed by atoms with E-state index < -0.39 is 0 Å². The Bertz CT molecular complexity index is 139. The summed E-state index contributed by atoms with van der Waals surface area (Å²) in [6.07, 6.45) is 9.42. The summed E-state index contributed by atoms with van der Waals surface area (Å²) < 4.78 is 0.